The Bertz CT molecular complexity index is 588. The first-order valence-electron chi connectivity index (χ1n) is 8.74. The molecule has 0 aromatic heterocycles. The number of hydrogen-bond acceptors (Lipinski definition) is 4. The molecule has 28 heavy (non-hydrogen) atoms. The number of alkyl halides is 3. The van der Waals surface area contributed by atoms with Gasteiger partial charge in [-0.3, -0.25) is 9.89 Å². The number of benzene rings is 1. The zero-order valence-corrected chi connectivity index (χ0v) is 19.0. The van der Waals surface area contributed by atoms with Crippen LogP contribution < -0.4 is 20.1 Å². The molecule has 1 unspecified atom stereocenters. The van der Waals surface area contributed by atoms with Crippen molar-refractivity contribution in [3.63, 3.8) is 0 Å². The highest BCUT2D eigenvalue weighted by Gasteiger charge is 2.28. The van der Waals surface area contributed by atoms with E-state index in [4.69, 9.17) is 9.47 Å². The van der Waals surface area contributed by atoms with E-state index in [1.54, 1.807) is 14.2 Å². The number of nitrogens with zero attached hydrogens (tertiary/aromatic N) is 2. The van der Waals surface area contributed by atoms with Crippen LogP contribution in [0.3, 0.4) is 0 Å². The van der Waals surface area contributed by atoms with E-state index in [0.29, 0.717) is 43.5 Å². The van der Waals surface area contributed by atoms with Gasteiger partial charge in [-0.05, 0) is 39.1 Å². The lowest BCUT2D eigenvalue weighted by Crippen LogP contribution is -2.42. The fourth-order valence-electron chi connectivity index (χ4n) is 2.38. The second-order valence-corrected chi connectivity index (χ2v) is 6.17. The van der Waals surface area contributed by atoms with Crippen molar-refractivity contribution in [3.05, 3.63) is 24.3 Å². The third-order valence-corrected chi connectivity index (χ3v) is 3.64. The fourth-order valence-corrected chi connectivity index (χ4v) is 2.38. The van der Waals surface area contributed by atoms with Crippen LogP contribution in [0.4, 0.5) is 13.2 Å². The van der Waals surface area contributed by atoms with Crippen LogP contribution in [0, 0.1) is 0 Å². The number of rotatable bonds is 10. The summed E-state index contributed by atoms with van der Waals surface area (Å²) in [6, 6.07) is 7.40. The van der Waals surface area contributed by atoms with Crippen molar-refractivity contribution in [3.8, 4) is 11.5 Å². The lowest BCUT2D eigenvalue weighted by Gasteiger charge is -2.20. The van der Waals surface area contributed by atoms with Gasteiger partial charge in [0.05, 0.1) is 20.2 Å². The maximum absolute atomic E-state index is 12.3. The van der Waals surface area contributed by atoms with Crippen molar-refractivity contribution in [1.82, 2.24) is 15.5 Å². The number of methoxy groups -OCH3 is 1. The number of para-hydroxylation sites is 2. The largest absolute Gasteiger partial charge is 0.493 e. The number of guanidine groups is 1. The highest BCUT2D eigenvalue weighted by Crippen LogP contribution is 2.26. The summed E-state index contributed by atoms with van der Waals surface area (Å²) < 4.78 is 47.9. The van der Waals surface area contributed by atoms with Crippen molar-refractivity contribution in [2.45, 2.75) is 25.6 Å². The molecule has 0 aliphatic rings. The normalized spacial score (nSPS) is 12.9. The van der Waals surface area contributed by atoms with Gasteiger partial charge < -0.3 is 20.1 Å². The number of aliphatic imine (C=N–C) groups is 1. The van der Waals surface area contributed by atoms with Gasteiger partial charge in [0, 0.05) is 13.6 Å². The van der Waals surface area contributed by atoms with Crippen LogP contribution in [-0.4, -0.2) is 70.5 Å². The van der Waals surface area contributed by atoms with Gasteiger partial charge in [-0.25, -0.2) is 0 Å². The molecule has 0 radical (unpaired) electrons. The molecule has 0 saturated carbocycles. The summed E-state index contributed by atoms with van der Waals surface area (Å²) in [6.45, 7) is 2.38. The van der Waals surface area contributed by atoms with Crippen LogP contribution in [0.5, 0.6) is 11.5 Å². The fraction of sp³-hybridized carbons (Fsp3) is 0.611. The average molecular weight is 518 g/mol. The number of hydrogen-bond donors (Lipinski definition) is 2. The van der Waals surface area contributed by atoms with Gasteiger partial charge in [0.15, 0.2) is 17.5 Å². The van der Waals surface area contributed by atoms with Gasteiger partial charge in [0.2, 0.25) is 0 Å². The molecule has 0 aliphatic carbocycles. The minimum absolute atomic E-state index is 0. The zero-order valence-electron chi connectivity index (χ0n) is 16.7. The van der Waals surface area contributed by atoms with E-state index in [1.807, 2.05) is 31.2 Å². The Labute approximate surface area is 181 Å². The van der Waals surface area contributed by atoms with Gasteiger partial charge in [-0.2, -0.15) is 13.2 Å². The van der Waals surface area contributed by atoms with E-state index in [1.165, 1.54) is 11.9 Å². The Kier molecular flexibility index (Phi) is 13.0. The molecule has 1 aromatic rings. The minimum atomic E-state index is -4.17. The summed E-state index contributed by atoms with van der Waals surface area (Å²) in [6.07, 6.45) is -3.74. The molecule has 1 atom stereocenters. The van der Waals surface area contributed by atoms with Gasteiger partial charge in [0.1, 0.15) is 6.10 Å². The Hall–Kier alpha value is -1.43. The SMILES string of the molecule is CN=C(NCCCN(C)CC(F)(F)F)NCC(C)Oc1ccccc1OC.I. The van der Waals surface area contributed by atoms with E-state index in [0.717, 1.165) is 0 Å². The molecular formula is C18H30F3IN4O2. The Morgan fingerprint density at radius 2 is 1.86 bits per heavy atom. The van der Waals surface area contributed by atoms with Crippen LogP contribution in [-0.2, 0) is 0 Å². The second-order valence-electron chi connectivity index (χ2n) is 6.17. The molecule has 162 valence electrons. The predicted octanol–water partition coefficient (Wildman–Crippen LogP) is 3.13. The molecule has 0 heterocycles. The van der Waals surface area contributed by atoms with E-state index in [-0.39, 0.29) is 30.1 Å². The molecule has 6 nitrogen and oxygen atoms in total. The van der Waals surface area contributed by atoms with Crippen molar-refractivity contribution in [2.24, 2.45) is 4.99 Å². The lowest BCUT2D eigenvalue weighted by atomic mass is 10.3. The van der Waals surface area contributed by atoms with E-state index >= 15 is 0 Å². The van der Waals surface area contributed by atoms with Crippen molar-refractivity contribution >= 4 is 29.9 Å². The summed E-state index contributed by atoms with van der Waals surface area (Å²) in [7, 11) is 4.68. The Morgan fingerprint density at radius 1 is 1.21 bits per heavy atom. The van der Waals surface area contributed by atoms with Crippen molar-refractivity contribution < 1.29 is 22.6 Å². The standard InChI is InChI=1S/C18H29F3N4O2.HI/c1-14(27-16-9-6-5-8-15(16)26-4)12-24-17(22-2)23-10-7-11-25(3)13-18(19,20)21;/h5-6,8-9,14H,7,10-13H2,1-4H3,(H2,22,23,24);1H. The van der Waals surface area contributed by atoms with Crippen LogP contribution in [0.15, 0.2) is 29.3 Å². The summed E-state index contributed by atoms with van der Waals surface area (Å²) in [5.74, 6) is 1.89. The predicted molar refractivity (Wildman–Crippen MR) is 116 cm³/mol. The summed E-state index contributed by atoms with van der Waals surface area (Å²) >= 11 is 0. The maximum atomic E-state index is 12.3. The van der Waals surface area contributed by atoms with Gasteiger partial charge >= 0.3 is 6.18 Å². The lowest BCUT2D eigenvalue weighted by molar-refractivity contribution is -0.143. The van der Waals surface area contributed by atoms with E-state index in [2.05, 4.69) is 15.6 Å². The molecule has 1 rings (SSSR count). The first kappa shape index (κ1) is 26.6. The zero-order chi connectivity index (χ0) is 20.3. The molecule has 0 spiro atoms. The minimum Gasteiger partial charge on any atom is -0.493 e. The molecule has 0 amide bonds. The van der Waals surface area contributed by atoms with E-state index in [9.17, 15) is 13.2 Å². The first-order valence-corrected chi connectivity index (χ1v) is 8.74. The molecule has 0 fully saturated rings. The third kappa shape index (κ3) is 11.4. The quantitative estimate of drug-likeness (QED) is 0.216. The van der Waals surface area contributed by atoms with Crippen LogP contribution >= 0.6 is 24.0 Å². The molecule has 10 heteroatoms. The summed E-state index contributed by atoms with van der Waals surface area (Å²) in [5.41, 5.74) is 0. The van der Waals surface area contributed by atoms with Gasteiger partial charge in [-0.1, -0.05) is 12.1 Å². The van der Waals surface area contributed by atoms with E-state index < -0.39 is 12.7 Å². The first-order chi connectivity index (χ1) is 12.7. The third-order valence-electron chi connectivity index (χ3n) is 3.64. The monoisotopic (exact) mass is 518 g/mol. The van der Waals surface area contributed by atoms with Crippen LogP contribution in [0.2, 0.25) is 0 Å². The van der Waals surface area contributed by atoms with Crippen molar-refractivity contribution in [2.75, 3.05) is 47.4 Å². The second kappa shape index (κ2) is 13.7. The number of ether oxygens (including phenoxy) is 2. The highest BCUT2D eigenvalue weighted by atomic mass is 127. The highest BCUT2D eigenvalue weighted by molar-refractivity contribution is 14.0. The molecule has 0 bridgehead atoms. The number of halogens is 4. The number of nitrogens with one attached hydrogen (secondary N) is 2. The van der Waals surface area contributed by atoms with Crippen LogP contribution in [0.1, 0.15) is 13.3 Å². The Morgan fingerprint density at radius 3 is 2.43 bits per heavy atom. The molecular weight excluding hydrogens is 488 g/mol. The summed E-state index contributed by atoms with van der Waals surface area (Å²) in [5, 5.41) is 6.21. The molecule has 2 N–H and O–H groups in total. The van der Waals surface area contributed by atoms with Crippen LogP contribution in [0.25, 0.3) is 0 Å². The van der Waals surface area contributed by atoms with Crippen molar-refractivity contribution in [1.29, 1.82) is 0 Å². The molecule has 0 aliphatic heterocycles. The Balaban J connectivity index is 0.00000729. The van der Waals surface area contributed by atoms with Gasteiger partial charge in [-0.15, -0.1) is 24.0 Å². The molecule has 1 aromatic carbocycles. The molecule has 0 saturated heterocycles. The summed E-state index contributed by atoms with van der Waals surface area (Å²) in [4.78, 5) is 5.35. The topological polar surface area (TPSA) is 58.1 Å². The van der Waals surface area contributed by atoms with Gasteiger partial charge in [0.25, 0.3) is 0 Å². The average Bonchev–Trinajstić information content (AvgIpc) is 2.60. The smallest absolute Gasteiger partial charge is 0.401 e. The maximum Gasteiger partial charge on any atom is 0.401 e.